The first-order valence-electron chi connectivity index (χ1n) is 14.7. The van der Waals surface area contributed by atoms with Crippen LogP contribution in [-0.2, 0) is 4.79 Å². The summed E-state index contributed by atoms with van der Waals surface area (Å²) in [6, 6.07) is 27.8. The first kappa shape index (κ1) is 27.2. The SMILES string of the molecule is CC1C/C(=C\c2cn(-c3ccccc3)nc2-c2cccnc2)C(=O)/C(=C/c2cn(-c3ccccc3)nc2-c2cccnc2)C1. The molecule has 1 fully saturated rings. The first-order valence-corrected chi connectivity index (χ1v) is 14.7. The lowest BCUT2D eigenvalue weighted by Crippen LogP contribution is -2.18. The fraction of sp³-hybridized carbons (Fsp3) is 0.108. The summed E-state index contributed by atoms with van der Waals surface area (Å²) in [5.74, 6) is 0.347. The second-order valence-electron chi connectivity index (χ2n) is 11.1. The summed E-state index contributed by atoms with van der Waals surface area (Å²) in [5, 5.41) is 9.83. The van der Waals surface area contributed by atoms with Crippen LogP contribution in [0.25, 0.3) is 46.0 Å². The molecule has 0 N–H and O–H groups in total. The molecule has 7 heteroatoms. The maximum absolute atomic E-state index is 14.1. The van der Waals surface area contributed by atoms with Crippen molar-refractivity contribution in [2.45, 2.75) is 19.8 Å². The van der Waals surface area contributed by atoms with Crippen molar-refractivity contribution in [1.82, 2.24) is 29.5 Å². The van der Waals surface area contributed by atoms with Gasteiger partial charge in [0, 0.05) is 70.6 Å². The van der Waals surface area contributed by atoms with Crippen LogP contribution in [0.4, 0.5) is 0 Å². The lowest BCUT2D eigenvalue weighted by molar-refractivity contribution is -0.113. The number of carbonyl (C=O) groups is 1. The predicted octanol–water partition coefficient (Wildman–Crippen LogP) is 7.65. The molecule has 0 saturated heterocycles. The van der Waals surface area contributed by atoms with Crippen molar-refractivity contribution in [2.75, 3.05) is 0 Å². The van der Waals surface area contributed by atoms with Crippen LogP contribution in [0.3, 0.4) is 0 Å². The maximum Gasteiger partial charge on any atom is 0.185 e. The number of rotatable bonds is 6. The van der Waals surface area contributed by atoms with E-state index in [-0.39, 0.29) is 5.78 Å². The summed E-state index contributed by atoms with van der Waals surface area (Å²) in [7, 11) is 0. The summed E-state index contributed by atoms with van der Waals surface area (Å²) in [4.78, 5) is 22.7. The van der Waals surface area contributed by atoms with Crippen molar-refractivity contribution >= 4 is 17.9 Å². The van der Waals surface area contributed by atoms with Crippen LogP contribution < -0.4 is 0 Å². The minimum absolute atomic E-state index is 0.0531. The molecule has 0 spiro atoms. The topological polar surface area (TPSA) is 78.5 Å². The van der Waals surface area contributed by atoms with Gasteiger partial charge in [-0.05, 0) is 79.4 Å². The Balaban J connectivity index is 1.30. The van der Waals surface area contributed by atoms with Gasteiger partial charge in [-0.1, -0.05) is 43.3 Å². The van der Waals surface area contributed by atoms with Crippen LogP contribution >= 0.6 is 0 Å². The Morgan fingerprint density at radius 3 is 1.50 bits per heavy atom. The quantitative estimate of drug-likeness (QED) is 0.191. The molecule has 214 valence electrons. The summed E-state index contributed by atoms with van der Waals surface area (Å²) in [6.45, 7) is 2.19. The standard InChI is InChI=1S/C37H30N6O/c1-26-18-29(20-31-24-42(33-12-4-2-5-13-33)40-35(31)27-10-8-16-38-22-27)37(44)30(19-26)21-32-25-43(34-14-6-3-7-15-34)41-36(32)28-11-9-17-39-23-28/h2-17,20-26H,18-19H2,1H3/b29-20+,30-21+. The molecule has 0 bridgehead atoms. The minimum Gasteiger partial charge on any atom is -0.289 e. The number of hydrogen-bond donors (Lipinski definition) is 0. The van der Waals surface area contributed by atoms with Crippen molar-refractivity contribution in [3.63, 3.8) is 0 Å². The molecular weight excluding hydrogens is 544 g/mol. The monoisotopic (exact) mass is 574 g/mol. The van der Waals surface area contributed by atoms with Gasteiger partial charge in [-0.2, -0.15) is 10.2 Å². The molecule has 0 atom stereocenters. The van der Waals surface area contributed by atoms with Crippen molar-refractivity contribution in [3.8, 4) is 33.9 Å². The Bertz CT molecular complexity index is 1830. The highest BCUT2D eigenvalue weighted by atomic mass is 16.1. The molecule has 0 amide bonds. The van der Waals surface area contributed by atoms with Crippen molar-refractivity contribution < 1.29 is 4.79 Å². The van der Waals surface area contributed by atoms with Gasteiger partial charge >= 0.3 is 0 Å². The van der Waals surface area contributed by atoms with E-state index >= 15 is 0 Å². The number of benzene rings is 2. The second kappa shape index (κ2) is 11.9. The predicted molar refractivity (Wildman–Crippen MR) is 173 cm³/mol. The third-order valence-corrected chi connectivity index (χ3v) is 7.78. The molecule has 44 heavy (non-hydrogen) atoms. The molecule has 4 aromatic heterocycles. The Kier molecular flexibility index (Phi) is 7.34. The molecule has 0 unspecified atom stereocenters. The van der Waals surface area contributed by atoms with Gasteiger partial charge in [0.25, 0.3) is 0 Å². The van der Waals surface area contributed by atoms with Crippen LogP contribution in [0, 0.1) is 5.92 Å². The number of ketones is 1. The van der Waals surface area contributed by atoms with E-state index in [1.165, 1.54) is 0 Å². The molecular formula is C37H30N6O. The van der Waals surface area contributed by atoms with Gasteiger partial charge in [-0.3, -0.25) is 14.8 Å². The normalized spacial score (nSPS) is 16.9. The first-order chi connectivity index (χ1) is 21.6. The van der Waals surface area contributed by atoms with Crippen molar-refractivity contribution in [2.24, 2.45) is 5.92 Å². The van der Waals surface area contributed by atoms with Crippen molar-refractivity contribution in [3.05, 3.63) is 144 Å². The molecule has 1 aliphatic rings. The molecule has 0 aliphatic heterocycles. The molecule has 1 aliphatic carbocycles. The summed E-state index contributed by atoms with van der Waals surface area (Å²) in [5.41, 5.74) is 8.57. The molecule has 1 saturated carbocycles. The summed E-state index contributed by atoms with van der Waals surface area (Å²) >= 11 is 0. The number of pyridine rings is 2. The van der Waals surface area contributed by atoms with E-state index in [0.29, 0.717) is 18.8 Å². The third-order valence-electron chi connectivity index (χ3n) is 7.78. The zero-order chi connectivity index (χ0) is 29.9. The highest BCUT2D eigenvalue weighted by Crippen LogP contribution is 2.35. The van der Waals surface area contributed by atoms with Crippen LogP contribution in [0.15, 0.2) is 133 Å². The van der Waals surface area contributed by atoms with E-state index in [2.05, 4.69) is 16.9 Å². The summed E-state index contributed by atoms with van der Waals surface area (Å²) < 4.78 is 3.72. The molecule has 7 rings (SSSR count). The van der Waals surface area contributed by atoms with Crippen LogP contribution in [-0.4, -0.2) is 35.3 Å². The molecule has 4 heterocycles. The van der Waals surface area contributed by atoms with E-state index in [1.54, 1.807) is 24.8 Å². The van der Waals surface area contributed by atoms with E-state index in [1.807, 2.05) is 119 Å². The number of para-hydroxylation sites is 2. The van der Waals surface area contributed by atoms with Crippen LogP contribution in [0.1, 0.15) is 30.9 Å². The highest BCUT2D eigenvalue weighted by Gasteiger charge is 2.27. The number of carbonyl (C=O) groups excluding carboxylic acids is 1. The number of aromatic nitrogens is 6. The molecule has 2 aromatic carbocycles. The van der Waals surface area contributed by atoms with Crippen LogP contribution in [0.5, 0.6) is 0 Å². The van der Waals surface area contributed by atoms with Gasteiger partial charge < -0.3 is 0 Å². The lowest BCUT2D eigenvalue weighted by atomic mass is 9.80. The number of allylic oxidation sites excluding steroid dienone is 2. The van der Waals surface area contributed by atoms with Gasteiger partial charge in [0.1, 0.15) is 11.4 Å². The Morgan fingerprint density at radius 2 is 1.09 bits per heavy atom. The molecule has 7 nitrogen and oxygen atoms in total. The number of Topliss-reactive ketones (excluding diaryl/α,β-unsaturated/α-hetero) is 1. The minimum atomic E-state index is 0.0531. The fourth-order valence-electron chi connectivity index (χ4n) is 5.71. The Morgan fingerprint density at radius 1 is 0.636 bits per heavy atom. The number of nitrogens with zero attached hydrogens (tertiary/aromatic N) is 6. The Labute approximate surface area is 255 Å². The van der Waals surface area contributed by atoms with Gasteiger partial charge in [0.05, 0.1) is 11.4 Å². The van der Waals surface area contributed by atoms with Gasteiger partial charge in [0.15, 0.2) is 5.78 Å². The summed E-state index contributed by atoms with van der Waals surface area (Å²) in [6.07, 6.45) is 16.5. The zero-order valence-corrected chi connectivity index (χ0v) is 24.3. The largest absolute Gasteiger partial charge is 0.289 e. The van der Waals surface area contributed by atoms with E-state index in [9.17, 15) is 4.79 Å². The number of hydrogen-bond acceptors (Lipinski definition) is 5. The average molecular weight is 575 g/mol. The van der Waals surface area contributed by atoms with E-state index < -0.39 is 0 Å². The Hall–Kier alpha value is -5.69. The smallest absolute Gasteiger partial charge is 0.185 e. The van der Waals surface area contributed by atoms with E-state index in [0.717, 1.165) is 56.2 Å². The third kappa shape index (κ3) is 5.55. The molecule has 6 aromatic rings. The van der Waals surface area contributed by atoms with Crippen LogP contribution in [0.2, 0.25) is 0 Å². The van der Waals surface area contributed by atoms with Gasteiger partial charge in [-0.15, -0.1) is 0 Å². The maximum atomic E-state index is 14.1. The molecule has 0 radical (unpaired) electrons. The van der Waals surface area contributed by atoms with Gasteiger partial charge in [0.2, 0.25) is 0 Å². The lowest BCUT2D eigenvalue weighted by Gasteiger charge is -2.22. The highest BCUT2D eigenvalue weighted by molar-refractivity contribution is 6.14. The fourth-order valence-corrected chi connectivity index (χ4v) is 5.71. The van der Waals surface area contributed by atoms with E-state index in [4.69, 9.17) is 10.2 Å². The van der Waals surface area contributed by atoms with Crippen molar-refractivity contribution in [1.29, 1.82) is 0 Å². The van der Waals surface area contributed by atoms with Gasteiger partial charge in [-0.25, -0.2) is 9.36 Å². The average Bonchev–Trinajstić information content (AvgIpc) is 3.70. The second-order valence-corrected chi connectivity index (χ2v) is 11.1. The zero-order valence-electron chi connectivity index (χ0n) is 24.3.